The molecule has 0 aliphatic heterocycles. The first-order chi connectivity index (χ1) is 5.35. The fraction of sp³-hybridized carbons (Fsp3) is 1.00. The third-order valence-electron chi connectivity index (χ3n) is 2.05. The first kappa shape index (κ1) is 10.9. The van der Waals surface area contributed by atoms with Crippen LogP contribution in [0.1, 0.15) is 26.7 Å². The maximum Gasteiger partial charge on any atom is -0.00185 e. The molecule has 0 amide bonds. The molecule has 11 heavy (non-hydrogen) atoms. The lowest BCUT2D eigenvalue weighted by atomic mass is 10.3. The van der Waals surface area contributed by atoms with Crippen LogP contribution in [0.15, 0.2) is 0 Å². The van der Waals surface area contributed by atoms with Crippen LogP contribution in [0.2, 0.25) is 0 Å². The van der Waals surface area contributed by atoms with Crippen molar-refractivity contribution in [2.45, 2.75) is 26.7 Å². The van der Waals surface area contributed by atoms with Gasteiger partial charge in [-0.05, 0) is 46.1 Å². The second-order valence-corrected chi connectivity index (χ2v) is 2.84. The van der Waals surface area contributed by atoms with Gasteiger partial charge >= 0.3 is 0 Å². The van der Waals surface area contributed by atoms with Gasteiger partial charge in [0.1, 0.15) is 0 Å². The fourth-order valence-corrected chi connectivity index (χ4v) is 1.18. The van der Waals surface area contributed by atoms with Crippen LogP contribution >= 0.6 is 0 Å². The molecule has 0 rings (SSSR count). The van der Waals surface area contributed by atoms with Crippen molar-refractivity contribution in [2.24, 2.45) is 0 Å². The first-order valence-corrected chi connectivity index (χ1v) is 4.72. The quantitative estimate of drug-likeness (QED) is 0.562. The van der Waals surface area contributed by atoms with E-state index in [9.17, 15) is 0 Å². The predicted octanol–water partition coefficient (Wildman–Crippen LogP) is 1.33. The van der Waals surface area contributed by atoms with Crippen molar-refractivity contribution in [1.29, 1.82) is 0 Å². The van der Waals surface area contributed by atoms with E-state index >= 15 is 0 Å². The fourth-order valence-electron chi connectivity index (χ4n) is 1.18. The monoisotopic (exact) mass is 158 g/mol. The van der Waals surface area contributed by atoms with E-state index in [0.717, 1.165) is 6.54 Å². The normalized spacial score (nSPS) is 10.9. The minimum Gasteiger partial charge on any atom is -0.320 e. The van der Waals surface area contributed by atoms with Crippen molar-refractivity contribution < 1.29 is 0 Å². The van der Waals surface area contributed by atoms with Gasteiger partial charge < -0.3 is 10.2 Å². The molecule has 0 aliphatic carbocycles. The Morgan fingerprint density at radius 2 is 1.73 bits per heavy atom. The van der Waals surface area contributed by atoms with E-state index in [-0.39, 0.29) is 0 Å². The van der Waals surface area contributed by atoms with Crippen LogP contribution < -0.4 is 5.32 Å². The van der Waals surface area contributed by atoms with Crippen LogP contribution in [-0.2, 0) is 0 Å². The van der Waals surface area contributed by atoms with Gasteiger partial charge in [-0.1, -0.05) is 13.8 Å². The summed E-state index contributed by atoms with van der Waals surface area (Å²) < 4.78 is 0. The molecule has 0 aromatic heterocycles. The van der Waals surface area contributed by atoms with Gasteiger partial charge in [0.05, 0.1) is 0 Å². The van der Waals surface area contributed by atoms with Crippen LogP contribution in [0.5, 0.6) is 0 Å². The minimum atomic E-state index is 1.15. The van der Waals surface area contributed by atoms with Crippen molar-refractivity contribution >= 4 is 0 Å². The zero-order chi connectivity index (χ0) is 8.53. The number of hydrogen-bond acceptors (Lipinski definition) is 2. The molecule has 0 heterocycles. The summed E-state index contributed by atoms with van der Waals surface area (Å²) in [7, 11) is 2.01. The van der Waals surface area contributed by atoms with Crippen LogP contribution in [0.4, 0.5) is 0 Å². The van der Waals surface area contributed by atoms with Crippen LogP contribution in [0.3, 0.4) is 0 Å². The number of unbranched alkanes of at least 4 members (excludes halogenated alkanes) is 1. The van der Waals surface area contributed by atoms with Crippen molar-refractivity contribution in [2.75, 3.05) is 33.2 Å². The summed E-state index contributed by atoms with van der Waals surface area (Å²) in [5.74, 6) is 0. The summed E-state index contributed by atoms with van der Waals surface area (Å²) in [6.45, 7) is 9.24. The standard InChI is InChI=1S/C9H22N2/c1-4-11(5-2)9-7-6-8-10-3/h10H,4-9H2,1-3H3. The molecule has 0 aromatic rings. The van der Waals surface area contributed by atoms with E-state index in [4.69, 9.17) is 0 Å². The summed E-state index contributed by atoms with van der Waals surface area (Å²) in [5.41, 5.74) is 0. The molecule has 0 bridgehead atoms. The zero-order valence-corrected chi connectivity index (χ0v) is 8.19. The molecule has 0 saturated heterocycles. The maximum absolute atomic E-state index is 3.16. The van der Waals surface area contributed by atoms with E-state index in [1.54, 1.807) is 0 Å². The zero-order valence-electron chi connectivity index (χ0n) is 8.19. The Bertz CT molecular complexity index is 70.0. The summed E-state index contributed by atoms with van der Waals surface area (Å²) in [6, 6.07) is 0. The lowest BCUT2D eigenvalue weighted by Crippen LogP contribution is -2.24. The molecule has 0 atom stereocenters. The summed E-state index contributed by atoms with van der Waals surface area (Å²) in [6.07, 6.45) is 2.62. The Morgan fingerprint density at radius 3 is 2.18 bits per heavy atom. The number of hydrogen-bond donors (Lipinski definition) is 1. The van der Waals surface area contributed by atoms with Crippen LogP contribution in [-0.4, -0.2) is 38.1 Å². The highest BCUT2D eigenvalue weighted by molar-refractivity contribution is 4.52. The Labute approximate surface area is 71.0 Å². The smallest absolute Gasteiger partial charge is 0.00185 e. The van der Waals surface area contributed by atoms with E-state index in [1.807, 2.05) is 7.05 Å². The number of rotatable bonds is 7. The molecular weight excluding hydrogens is 136 g/mol. The molecule has 68 valence electrons. The van der Waals surface area contributed by atoms with Gasteiger partial charge in [-0.2, -0.15) is 0 Å². The third kappa shape index (κ3) is 6.32. The average molecular weight is 158 g/mol. The summed E-state index contributed by atoms with van der Waals surface area (Å²) in [4.78, 5) is 2.47. The molecule has 0 aliphatic rings. The van der Waals surface area contributed by atoms with Crippen molar-refractivity contribution in [1.82, 2.24) is 10.2 Å². The van der Waals surface area contributed by atoms with E-state index in [1.165, 1.54) is 32.5 Å². The van der Waals surface area contributed by atoms with E-state index < -0.39 is 0 Å². The lowest BCUT2D eigenvalue weighted by Gasteiger charge is -2.17. The molecule has 0 spiro atoms. The average Bonchev–Trinajstić information content (AvgIpc) is 2.05. The molecule has 2 heteroatoms. The molecule has 0 fully saturated rings. The number of nitrogens with one attached hydrogen (secondary N) is 1. The highest BCUT2D eigenvalue weighted by Gasteiger charge is 1.96. The van der Waals surface area contributed by atoms with Gasteiger partial charge in [0.15, 0.2) is 0 Å². The molecular formula is C9H22N2. The second kappa shape index (κ2) is 8.02. The van der Waals surface area contributed by atoms with Crippen LogP contribution in [0.25, 0.3) is 0 Å². The molecule has 2 nitrogen and oxygen atoms in total. The largest absolute Gasteiger partial charge is 0.320 e. The summed E-state index contributed by atoms with van der Waals surface area (Å²) >= 11 is 0. The third-order valence-corrected chi connectivity index (χ3v) is 2.05. The SMILES string of the molecule is CCN(CC)CCCCNC. The van der Waals surface area contributed by atoms with Crippen molar-refractivity contribution in [3.8, 4) is 0 Å². The van der Waals surface area contributed by atoms with Gasteiger partial charge in [0, 0.05) is 0 Å². The predicted molar refractivity (Wildman–Crippen MR) is 50.9 cm³/mol. The second-order valence-electron chi connectivity index (χ2n) is 2.84. The summed E-state index contributed by atoms with van der Waals surface area (Å²) in [5, 5.41) is 3.16. The molecule has 1 N–H and O–H groups in total. The topological polar surface area (TPSA) is 15.3 Å². The molecule has 0 radical (unpaired) electrons. The molecule has 0 saturated carbocycles. The Balaban J connectivity index is 3.07. The van der Waals surface area contributed by atoms with Crippen LogP contribution in [0, 0.1) is 0 Å². The van der Waals surface area contributed by atoms with Gasteiger partial charge in [0.2, 0.25) is 0 Å². The van der Waals surface area contributed by atoms with Crippen molar-refractivity contribution in [3.05, 3.63) is 0 Å². The Kier molecular flexibility index (Phi) is 7.96. The van der Waals surface area contributed by atoms with Gasteiger partial charge in [-0.3, -0.25) is 0 Å². The maximum atomic E-state index is 3.16. The first-order valence-electron chi connectivity index (χ1n) is 4.72. The molecule has 0 unspecified atom stereocenters. The lowest BCUT2D eigenvalue weighted by molar-refractivity contribution is 0.296. The Hall–Kier alpha value is -0.0800. The highest BCUT2D eigenvalue weighted by Crippen LogP contribution is 1.93. The Morgan fingerprint density at radius 1 is 1.09 bits per heavy atom. The van der Waals surface area contributed by atoms with Gasteiger partial charge in [0.25, 0.3) is 0 Å². The molecule has 0 aromatic carbocycles. The number of nitrogens with zero attached hydrogens (tertiary/aromatic N) is 1. The minimum absolute atomic E-state index is 1.15. The van der Waals surface area contributed by atoms with Gasteiger partial charge in [-0.15, -0.1) is 0 Å². The van der Waals surface area contributed by atoms with E-state index in [2.05, 4.69) is 24.1 Å². The van der Waals surface area contributed by atoms with E-state index in [0.29, 0.717) is 0 Å². The van der Waals surface area contributed by atoms with Crippen molar-refractivity contribution in [3.63, 3.8) is 0 Å². The highest BCUT2D eigenvalue weighted by atomic mass is 15.1. The van der Waals surface area contributed by atoms with Gasteiger partial charge in [-0.25, -0.2) is 0 Å².